The first-order chi connectivity index (χ1) is 12.8. The van der Waals surface area contributed by atoms with E-state index in [0.717, 1.165) is 18.7 Å². The van der Waals surface area contributed by atoms with Crippen LogP contribution in [0.3, 0.4) is 0 Å². The zero-order valence-electron chi connectivity index (χ0n) is 17.4. The minimum absolute atomic E-state index is 0.337. The largest absolute Gasteiger partial charge is 0.438 e. The van der Waals surface area contributed by atoms with Crippen molar-refractivity contribution in [1.29, 1.82) is 0 Å². The summed E-state index contributed by atoms with van der Waals surface area (Å²) in [5.41, 5.74) is 0. The van der Waals surface area contributed by atoms with Gasteiger partial charge in [-0.15, -0.1) is 0 Å². The van der Waals surface area contributed by atoms with Gasteiger partial charge >= 0.3 is 5.76 Å². The van der Waals surface area contributed by atoms with E-state index in [1.165, 1.54) is 96.3 Å². The first-order valence-corrected chi connectivity index (χ1v) is 11.3. The fourth-order valence-corrected chi connectivity index (χ4v) is 3.71. The van der Waals surface area contributed by atoms with E-state index in [9.17, 15) is 4.79 Å². The zero-order valence-corrected chi connectivity index (χ0v) is 17.4. The molecule has 1 unspecified atom stereocenters. The molecule has 0 aliphatic carbocycles. The van der Waals surface area contributed by atoms with Crippen LogP contribution in [-0.2, 0) is 0 Å². The summed E-state index contributed by atoms with van der Waals surface area (Å²) in [6, 6.07) is 0. The molecule has 0 aliphatic rings. The molecule has 4 nitrogen and oxygen atoms in total. The van der Waals surface area contributed by atoms with Gasteiger partial charge in [0.15, 0.2) is 5.82 Å². The van der Waals surface area contributed by atoms with Crippen LogP contribution >= 0.6 is 0 Å². The lowest BCUT2D eigenvalue weighted by atomic mass is 9.97. The molecule has 0 saturated heterocycles. The minimum Gasteiger partial charge on any atom is -0.296 e. The SMILES string of the molecule is CCCCCCCCCCCCCCCCCC(CC)c1noc(=O)[nH]1. The predicted molar refractivity (Wildman–Crippen MR) is 110 cm³/mol. The standard InChI is InChI=1S/C22H42N2O2/c1-3-5-6-7-8-9-10-11-12-13-14-15-16-17-18-19-20(4-2)21-23-22(25)26-24-21/h20H,3-19H2,1-2H3,(H,23,24,25). The molecule has 1 rings (SSSR count). The van der Waals surface area contributed by atoms with E-state index >= 15 is 0 Å². The van der Waals surface area contributed by atoms with Crippen LogP contribution in [0.4, 0.5) is 0 Å². The molecule has 0 bridgehead atoms. The number of unbranched alkanes of at least 4 members (excludes halogenated alkanes) is 14. The second-order valence-corrected chi connectivity index (χ2v) is 7.82. The number of rotatable bonds is 18. The molecular weight excluding hydrogens is 324 g/mol. The Balaban J connectivity index is 1.84. The average molecular weight is 367 g/mol. The molecule has 1 aromatic heterocycles. The molecule has 1 atom stereocenters. The van der Waals surface area contributed by atoms with Crippen molar-refractivity contribution in [3.63, 3.8) is 0 Å². The van der Waals surface area contributed by atoms with Gasteiger partial charge in [-0.3, -0.25) is 9.51 Å². The molecule has 0 radical (unpaired) electrons. The van der Waals surface area contributed by atoms with E-state index in [2.05, 4.69) is 28.5 Å². The third-order valence-electron chi connectivity index (χ3n) is 5.49. The number of hydrogen-bond donors (Lipinski definition) is 1. The molecule has 0 saturated carbocycles. The van der Waals surface area contributed by atoms with Gasteiger partial charge in [0, 0.05) is 5.92 Å². The lowest BCUT2D eigenvalue weighted by Gasteiger charge is -2.10. The third-order valence-corrected chi connectivity index (χ3v) is 5.49. The van der Waals surface area contributed by atoms with Crippen molar-refractivity contribution >= 4 is 0 Å². The smallest absolute Gasteiger partial charge is 0.296 e. The molecule has 4 heteroatoms. The minimum atomic E-state index is -0.435. The summed E-state index contributed by atoms with van der Waals surface area (Å²) in [4.78, 5) is 13.7. The molecule has 1 heterocycles. The second-order valence-electron chi connectivity index (χ2n) is 7.82. The molecule has 26 heavy (non-hydrogen) atoms. The van der Waals surface area contributed by atoms with Crippen LogP contribution in [-0.4, -0.2) is 10.1 Å². The maximum absolute atomic E-state index is 11.0. The fourth-order valence-electron chi connectivity index (χ4n) is 3.71. The van der Waals surface area contributed by atoms with Crippen LogP contribution < -0.4 is 5.76 Å². The van der Waals surface area contributed by atoms with E-state index < -0.39 is 5.76 Å². The van der Waals surface area contributed by atoms with Crippen molar-refractivity contribution in [2.45, 2.75) is 129 Å². The summed E-state index contributed by atoms with van der Waals surface area (Å²) in [5, 5.41) is 3.83. The van der Waals surface area contributed by atoms with Crippen molar-refractivity contribution in [2.75, 3.05) is 0 Å². The highest BCUT2D eigenvalue weighted by Gasteiger charge is 2.13. The average Bonchev–Trinajstić information content (AvgIpc) is 3.07. The molecule has 0 aliphatic heterocycles. The Labute approximate surface area is 160 Å². The van der Waals surface area contributed by atoms with Gasteiger partial charge in [0.25, 0.3) is 0 Å². The topological polar surface area (TPSA) is 58.9 Å². The molecule has 0 fully saturated rings. The predicted octanol–water partition coefficient (Wildman–Crippen LogP) is 7.12. The Morgan fingerprint density at radius 2 is 1.23 bits per heavy atom. The fraction of sp³-hybridized carbons (Fsp3) is 0.909. The van der Waals surface area contributed by atoms with Gasteiger partial charge in [0.2, 0.25) is 0 Å². The van der Waals surface area contributed by atoms with Gasteiger partial charge in [-0.05, 0) is 12.8 Å². The van der Waals surface area contributed by atoms with Crippen LogP contribution in [0.1, 0.15) is 135 Å². The number of H-pyrrole nitrogens is 1. The van der Waals surface area contributed by atoms with Gasteiger partial charge in [0.05, 0.1) is 0 Å². The first kappa shape index (κ1) is 23.0. The zero-order chi connectivity index (χ0) is 18.9. The number of hydrogen-bond acceptors (Lipinski definition) is 3. The lowest BCUT2D eigenvalue weighted by Crippen LogP contribution is -2.03. The second kappa shape index (κ2) is 16.1. The molecule has 0 spiro atoms. The highest BCUT2D eigenvalue weighted by atomic mass is 16.5. The van der Waals surface area contributed by atoms with Crippen molar-refractivity contribution in [1.82, 2.24) is 10.1 Å². The van der Waals surface area contributed by atoms with Gasteiger partial charge in [-0.2, -0.15) is 0 Å². The lowest BCUT2D eigenvalue weighted by molar-refractivity contribution is 0.373. The number of aromatic nitrogens is 2. The normalized spacial score (nSPS) is 12.5. The molecular formula is C22H42N2O2. The summed E-state index contributed by atoms with van der Waals surface area (Å²) in [7, 11) is 0. The van der Waals surface area contributed by atoms with Crippen molar-refractivity contribution in [2.24, 2.45) is 0 Å². The monoisotopic (exact) mass is 366 g/mol. The summed E-state index contributed by atoms with van der Waals surface area (Å²) >= 11 is 0. The van der Waals surface area contributed by atoms with Crippen molar-refractivity contribution in [3.8, 4) is 0 Å². The molecule has 0 amide bonds. The van der Waals surface area contributed by atoms with Crippen molar-refractivity contribution < 1.29 is 4.52 Å². The van der Waals surface area contributed by atoms with E-state index in [1.807, 2.05) is 0 Å². The van der Waals surface area contributed by atoms with E-state index in [4.69, 9.17) is 0 Å². The molecule has 152 valence electrons. The van der Waals surface area contributed by atoms with Crippen LogP contribution in [0, 0.1) is 0 Å². The van der Waals surface area contributed by atoms with E-state index in [-0.39, 0.29) is 0 Å². The van der Waals surface area contributed by atoms with Crippen LogP contribution in [0.15, 0.2) is 9.32 Å². The number of aromatic amines is 1. The Morgan fingerprint density at radius 1 is 0.769 bits per heavy atom. The van der Waals surface area contributed by atoms with E-state index in [1.54, 1.807) is 0 Å². The Bertz CT molecular complexity index is 467. The Morgan fingerprint density at radius 3 is 1.62 bits per heavy atom. The highest BCUT2D eigenvalue weighted by molar-refractivity contribution is 4.90. The Hall–Kier alpha value is -1.06. The maximum Gasteiger partial charge on any atom is 0.438 e. The number of nitrogens with one attached hydrogen (secondary N) is 1. The van der Waals surface area contributed by atoms with E-state index in [0.29, 0.717) is 5.92 Å². The van der Waals surface area contributed by atoms with Gasteiger partial charge in [-0.1, -0.05) is 115 Å². The summed E-state index contributed by atoms with van der Waals surface area (Å²) in [5.74, 6) is 0.626. The molecule has 1 aromatic rings. The Kier molecular flexibility index (Phi) is 14.3. The highest BCUT2D eigenvalue weighted by Crippen LogP contribution is 2.22. The first-order valence-electron chi connectivity index (χ1n) is 11.3. The summed E-state index contributed by atoms with van der Waals surface area (Å²) < 4.78 is 4.61. The summed E-state index contributed by atoms with van der Waals surface area (Å²) in [6.45, 7) is 4.42. The van der Waals surface area contributed by atoms with Gasteiger partial charge in [-0.25, -0.2) is 4.79 Å². The quantitative estimate of drug-likeness (QED) is 0.281. The van der Waals surface area contributed by atoms with Gasteiger partial charge < -0.3 is 0 Å². The molecule has 1 N–H and O–H groups in total. The number of nitrogens with zero attached hydrogens (tertiary/aromatic N) is 1. The van der Waals surface area contributed by atoms with Gasteiger partial charge in [0.1, 0.15) is 0 Å². The van der Waals surface area contributed by atoms with Crippen LogP contribution in [0.2, 0.25) is 0 Å². The van der Waals surface area contributed by atoms with Crippen LogP contribution in [0.25, 0.3) is 0 Å². The van der Waals surface area contributed by atoms with Crippen molar-refractivity contribution in [3.05, 3.63) is 16.4 Å². The third kappa shape index (κ3) is 11.5. The maximum atomic E-state index is 11.0. The van der Waals surface area contributed by atoms with Crippen LogP contribution in [0.5, 0.6) is 0 Å². The summed E-state index contributed by atoms with van der Waals surface area (Å²) in [6.07, 6.45) is 22.9. The molecule has 0 aromatic carbocycles.